The first-order valence-electron chi connectivity index (χ1n) is 14.4. The minimum absolute atomic E-state index is 0.130. The SMILES string of the molecule is Cc1ccc(S(=O)(=O)n2ccc(-c3ccc(N4CCc5cccc(C(=O)Nc6nc7ccccc7s6)c5C4)nc3C(=O)O)c2)cc1. The molecule has 230 valence electrons. The summed E-state index contributed by atoms with van der Waals surface area (Å²) in [7, 11) is -3.86. The maximum atomic E-state index is 13.4. The monoisotopic (exact) mass is 649 g/mol. The topological polar surface area (TPSA) is 134 Å². The Morgan fingerprint density at radius 1 is 0.935 bits per heavy atom. The highest BCUT2D eigenvalue weighted by Crippen LogP contribution is 2.32. The largest absolute Gasteiger partial charge is 0.476 e. The van der Waals surface area contributed by atoms with E-state index in [1.807, 2.05) is 48.2 Å². The number of hydrogen-bond donors (Lipinski definition) is 2. The van der Waals surface area contributed by atoms with Gasteiger partial charge < -0.3 is 10.0 Å². The maximum Gasteiger partial charge on any atom is 0.355 e. The van der Waals surface area contributed by atoms with Crippen molar-refractivity contribution in [2.45, 2.75) is 24.8 Å². The fourth-order valence-electron chi connectivity index (χ4n) is 5.62. The number of benzene rings is 3. The summed E-state index contributed by atoms with van der Waals surface area (Å²) in [6.45, 7) is 2.81. The van der Waals surface area contributed by atoms with Crippen molar-refractivity contribution in [2.75, 3.05) is 16.8 Å². The van der Waals surface area contributed by atoms with Crippen LogP contribution in [0.2, 0.25) is 0 Å². The number of carbonyl (C=O) groups is 2. The van der Waals surface area contributed by atoms with Crippen LogP contribution in [0.15, 0.2) is 102 Å². The number of rotatable bonds is 7. The van der Waals surface area contributed by atoms with Crippen LogP contribution in [0.4, 0.5) is 10.9 Å². The summed E-state index contributed by atoms with van der Waals surface area (Å²) in [5.41, 5.74) is 4.66. The van der Waals surface area contributed by atoms with Crippen LogP contribution >= 0.6 is 11.3 Å². The van der Waals surface area contributed by atoms with E-state index >= 15 is 0 Å². The van der Waals surface area contributed by atoms with Gasteiger partial charge in [0.15, 0.2) is 10.8 Å². The van der Waals surface area contributed by atoms with Gasteiger partial charge in [-0.05, 0) is 73.0 Å². The summed E-state index contributed by atoms with van der Waals surface area (Å²) in [5.74, 6) is -1.06. The van der Waals surface area contributed by atoms with Crippen molar-refractivity contribution < 1.29 is 23.1 Å². The molecule has 0 atom stereocenters. The molecule has 1 amide bonds. The van der Waals surface area contributed by atoms with Gasteiger partial charge in [0, 0.05) is 42.2 Å². The molecule has 0 saturated heterocycles. The standard InChI is InChI=1S/C34H27N5O5S2/c1-21-9-11-24(12-10-21)46(43,44)39-18-16-23(19-39)25-13-14-30(36-31(25)33(41)42)38-17-15-22-5-4-6-26(27(22)20-38)32(40)37-34-35-28-7-2-3-8-29(28)45-34/h2-14,16,18-19H,15,17,20H2,1H3,(H,41,42)(H,35,37,40). The van der Waals surface area contributed by atoms with Crippen LogP contribution < -0.4 is 10.2 Å². The Balaban J connectivity index is 1.16. The average Bonchev–Trinajstić information content (AvgIpc) is 3.72. The fraction of sp³-hybridized carbons (Fsp3) is 0.118. The third-order valence-electron chi connectivity index (χ3n) is 8.01. The van der Waals surface area contributed by atoms with E-state index in [0.717, 1.165) is 30.9 Å². The van der Waals surface area contributed by atoms with Crippen molar-refractivity contribution in [1.82, 2.24) is 13.9 Å². The Bertz CT molecular complexity index is 2220. The number of aromatic carboxylic acids is 1. The number of nitrogens with one attached hydrogen (secondary N) is 1. The third-order valence-corrected chi connectivity index (χ3v) is 10.6. The molecule has 2 N–H and O–H groups in total. The highest BCUT2D eigenvalue weighted by Gasteiger charge is 2.26. The van der Waals surface area contributed by atoms with Crippen LogP contribution in [-0.2, 0) is 23.0 Å². The van der Waals surface area contributed by atoms with Crippen LogP contribution in [0.5, 0.6) is 0 Å². The van der Waals surface area contributed by atoms with E-state index in [0.29, 0.717) is 47.2 Å². The lowest BCUT2D eigenvalue weighted by molar-refractivity contribution is 0.0691. The molecule has 12 heteroatoms. The number of nitrogens with zero attached hydrogens (tertiary/aromatic N) is 4. The zero-order chi connectivity index (χ0) is 32.0. The predicted molar refractivity (Wildman–Crippen MR) is 177 cm³/mol. The van der Waals surface area contributed by atoms with E-state index in [9.17, 15) is 23.1 Å². The Morgan fingerprint density at radius 2 is 1.74 bits per heavy atom. The lowest BCUT2D eigenvalue weighted by Gasteiger charge is -2.31. The number of para-hydroxylation sites is 1. The fourth-order valence-corrected chi connectivity index (χ4v) is 7.68. The van der Waals surface area contributed by atoms with Crippen LogP contribution in [0.1, 0.15) is 37.5 Å². The number of aromatic nitrogens is 3. The van der Waals surface area contributed by atoms with Crippen LogP contribution in [0.3, 0.4) is 0 Å². The van der Waals surface area contributed by atoms with E-state index in [1.165, 1.54) is 35.9 Å². The molecule has 10 nitrogen and oxygen atoms in total. The molecule has 6 aromatic rings. The van der Waals surface area contributed by atoms with Crippen molar-refractivity contribution in [2.24, 2.45) is 0 Å². The van der Waals surface area contributed by atoms with Gasteiger partial charge in [0.25, 0.3) is 15.9 Å². The molecule has 3 aromatic heterocycles. The number of anilines is 2. The second-order valence-corrected chi connectivity index (χ2v) is 13.8. The minimum Gasteiger partial charge on any atom is -0.476 e. The number of carbonyl (C=O) groups excluding carboxylic acids is 1. The summed E-state index contributed by atoms with van der Waals surface area (Å²) >= 11 is 1.41. The highest BCUT2D eigenvalue weighted by molar-refractivity contribution is 7.90. The van der Waals surface area contributed by atoms with Gasteiger partial charge in [-0.1, -0.05) is 53.3 Å². The summed E-state index contributed by atoms with van der Waals surface area (Å²) in [5, 5.41) is 13.6. The van der Waals surface area contributed by atoms with E-state index < -0.39 is 16.0 Å². The van der Waals surface area contributed by atoms with E-state index in [-0.39, 0.29) is 16.5 Å². The van der Waals surface area contributed by atoms with Crippen LogP contribution in [-0.4, -0.2) is 45.9 Å². The van der Waals surface area contributed by atoms with Gasteiger partial charge in [-0.3, -0.25) is 10.1 Å². The normalized spacial score (nSPS) is 13.0. The maximum absolute atomic E-state index is 13.4. The highest BCUT2D eigenvalue weighted by atomic mass is 32.2. The lowest BCUT2D eigenvalue weighted by Crippen LogP contribution is -2.33. The minimum atomic E-state index is -3.86. The molecule has 3 aromatic carbocycles. The molecule has 0 unspecified atom stereocenters. The van der Waals surface area contributed by atoms with Gasteiger partial charge in [0.1, 0.15) is 5.82 Å². The first kappa shape index (κ1) is 29.4. The summed E-state index contributed by atoms with van der Waals surface area (Å²) in [6.07, 6.45) is 3.43. The number of thiazole rings is 1. The van der Waals surface area contributed by atoms with Crippen LogP contribution in [0, 0.1) is 6.92 Å². The zero-order valence-corrected chi connectivity index (χ0v) is 26.2. The molecule has 1 aliphatic heterocycles. The lowest BCUT2D eigenvalue weighted by atomic mass is 9.94. The summed E-state index contributed by atoms with van der Waals surface area (Å²) in [6, 6.07) is 24.8. The van der Waals surface area contributed by atoms with Gasteiger partial charge >= 0.3 is 5.97 Å². The molecule has 0 aliphatic carbocycles. The molecule has 0 spiro atoms. The van der Waals surface area contributed by atoms with Crippen LogP contribution in [0.25, 0.3) is 21.3 Å². The van der Waals surface area contributed by atoms with E-state index in [2.05, 4.69) is 15.3 Å². The van der Waals surface area contributed by atoms with Gasteiger partial charge in [-0.2, -0.15) is 0 Å². The molecule has 7 rings (SSSR count). The number of amides is 1. The second kappa shape index (κ2) is 11.5. The molecule has 0 radical (unpaired) electrons. The number of carboxylic acids is 1. The van der Waals surface area contributed by atoms with Crippen molar-refractivity contribution in [3.8, 4) is 11.1 Å². The molecule has 0 fully saturated rings. The number of hydrogen-bond acceptors (Lipinski definition) is 8. The third kappa shape index (κ3) is 5.41. The summed E-state index contributed by atoms with van der Waals surface area (Å²) in [4.78, 5) is 36.9. The number of fused-ring (bicyclic) bond motifs is 2. The average molecular weight is 650 g/mol. The van der Waals surface area contributed by atoms with Crippen molar-refractivity contribution >= 4 is 54.4 Å². The zero-order valence-electron chi connectivity index (χ0n) is 24.5. The summed E-state index contributed by atoms with van der Waals surface area (Å²) < 4.78 is 28.4. The molecule has 4 heterocycles. The van der Waals surface area contributed by atoms with Crippen molar-refractivity contribution in [1.29, 1.82) is 0 Å². The Morgan fingerprint density at radius 3 is 2.52 bits per heavy atom. The first-order valence-corrected chi connectivity index (χ1v) is 16.7. The Hall–Kier alpha value is -5.33. The second-order valence-electron chi connectivity index (χ2n) is 11.0. The number of pyridine rings is 1. The van der Waals surface area contributed by atoms with Gasteiger partial charge in [0.2, 0.25) is 0 Å². The number of aryl methyl sites for hydroxylation is 1. The Labute approximate surface area is 268 Å². The Kier molecular flexibility index (Phi) is 7.38. The molecule has 1 aliphatic rings. The van der Waals surface area contributed by atoms with Gasteiger partial charge in [-0.15, -0.1) is 0 Å². The molecule has 46 heavy (non-hydrogen) atoms. The first-order chi connectivity index (χ1) is 22.2. The molecule has 0 saturated carbocycles. The van der Waals surface area contributed by atoms with E-state index in [4.69, 9.17) is 0 Å². The van der Waals surface area contributed by atoms with Gasteiger partial charge in [0.05, 0.1) is 15.1 Å². The predicted octanol–water partition coefficient (Wildman–Crippen LogP) is 6.22. The molecule has 0 bridgehead atoms. The van der Waals surface area contributed by atoms with Gasteiger partial charge in [-0.25, -0.2) is 27.2 Å². The van der Waals surface area contributed by atoms with Crippen molar-refractivity contribution in [3.63, 3.8) is 0 Å². The van der Waals surface area contributed by atoms with Crippen molar-refractivity contribution in [3.05, 3.63) is 125 Å². The molecular formula is C34H27N5O5S2. The smallest absolute Gasteiger partial charge is 0.355 e. The van der Waals surface area contributed by atoms with E-state index in [1.54, 1.807) is 36.4 Å². The number of carboxylic acid groups (broad SMARTS) is 1. The quantitative estimate of drug-likeness (QED) is 0.208. The molecular weight excluding hydrogens is 623 g/mol.